The Hall–Kier alpha value is -0.850. The van der Waals surface area contributed by atoms with E-state index in [0.717, 1.165) is 11.4 Å². The maximum atomic E-state index is 4.17. The second kappa shape index (κ2) is 4.07. The summed E-state index contributed by atoms with van der Waals surface area (Å²) in [5.74, 6) is 0. The van der Waals surface area contributed by atoms with E-state index in [1.807, 2.05) is 26.8 Å². The summed E-state index contributed by atoms with van der Waals surface area (Å²) in [7, 11) is 0. The third-order valence-electron chi connectivity index (χ3n) is 0.759. The first-order valence-electron chi connectivity index (χ1n) is 2.98. The average molecular weight is 123 g/mol. The molecule has 0 atom stereocenters. The first-order valence-corrected chi connectivity index (χ1v) is 2.98. The molecule has 0 radical (unpaired) electrons. The van der Waals surface area contributed by atoms with Crippen LogP contribution in [0.3, 0.4) is 0 Å². The van der Waals surface area contributed by atoms with Crippen molar-refractivity contribution >= 4 is 5.71 Å². The zero-order valence-electron chi connectivity index (χ0n) is 6.31. The van der Waals surface area contributed by atoms with Gasteiger partial charge in [0.2, 0.25) is 0 Å². The summed E-state index contributed by atoms with van der Waals surface area (Å²) in [6.07, 6.45) is 3.62. The van der Waals surface area contributed by atoms with Crippen molar-refractivity contribution in [1.29, 1.82) is 0 Å². The van der Waals surface area contributed by atoms with Gasteiger partial charge in [-0.05, 0) is 26.8 Å². The number of hydrogen-bond acceptors (Lipinski definition) is 1. The Bertz CT molecular complexity index is 148. The number of nitrogens with zero attached hydrogens (tertiary/aromatic N) is 1. The maximum absolute atomic E-state index is 4.17. The van der Waals surface area contributed by atoms with E-state index in [4.69, 9.17) is 0 Å². The minimum atomic E-state index is 1.00. The molecule has 0 fully saturated rings. The van der Waals surface area contributed by atoms with Crippen molar-refractivity contribution in [3.8, 4) is 0 Å². The van der Waals surface area contributed by atoms with Crippen LogP contribution in [0, 0.1) is 0 Å². The van der Waals surface area contributed by atoms with Crippen molar-refractivity contribution in [3.63, 3.8) is 0 Å². The molecule has 0 aromatic heterocycles. The third kappa shape index (κ3) is 5.01. The van der Waals surface area contributed by atoms with Crippen LogP contribution >= 0.6 is 0 Å². The van der Waals surface area contributed by atoms with Gasteiger partial charge >= 0.3 is 0 Å². The summed E-state index contributed by atoms with van der Waals surface area (Å²) in [5, 5.41) is 0. The molecule has 0 heterocycles. The summed E-state index contributed by atoms with van der Waals surface area (Å²) in [4.78, 5) is 4.17. The topological polar surface area (TPSA) is 12.4 Å². The minimum Gasteiger partial charge on any atom is -0.263 e. The largest absolute Gasteiger partial charge is 0.263 e. The molecular weight excluding hydrogens is 110 g/mol. The maximum Gasteiger partial charge on any atom is 0.0371 e. The number of hydrogen-bond donors (Lipinski definition) is 0. The quantitative estimate of drug-likeness (QED) is 0.395. The fourth-order valence-electron chi connectivity index (χ4n) is 0.561. The molecular formula is C8H13N. The van der Waals surface area contributed by atoms with E-state index in [-0.39, 0.29) is 0 Å². The van der Waals surface area contributed by atoms with Crippen molar-refractivity contribution in [2.45, 2.75) is 20.8 Å². The number of aliphatic imine (C=N–C) groups is 1. The van der Waals surface area contributed by atoms with Gasteiger partial charge in [0.15, 0.2) is 0 Å². The normalized spacial score (nSPS) is 10.8. The molecule has 0 aromatic carbocycles. The molecule has 0 saturated heterocycles. The highest BCUT2D eigenvalue weighted by Gasteiger charge is 1.79. The second-order valence-electron chi connectivity index (χ2n) is 2.10. The van der Waals surface area contributed by atoms with E-state index in [1.165, 1.54) is 0 Å². The van der Waals surface area contributed by atoms with Crippen molar-refractivity contribution in [1.82, 2.24) is 0 Å². The predicted octanol–water partition coefficient (Wildman–Crippen LogP) is 2.56. The van der Waals surface area contributed by atoms with E-state index in [9.17, 15) is 0 Å². The van der Waals surface area contributed by atoms with E-state index in [2.05, 4.69) is 11.6 Å². The molecule has 0 aromatic rings. The highest BCUT2D eigenvalue weighted by Crippen LogP contribution is 1.94. The Labute approximate surface area is 56.8 Å². The van der Waals surface area contributed by atoms with Crippen molar-refractivity contribution in [3.05, 3.63) is 24.4 Å². The highest BCUT2D eigenvalue weighted by atomic mass is 14.7. The van der Waals surface area contributed by atoms with E-state index >= 15 is 0 Å². The van der Waals surface area contributed by atoms with Gasteiger partial charge in [-0.3, -0.25) is 4.99 Å². The van der Waals surface area contributed by atoms with Crippen LogP contribution in [0.2, 0.25) is 0 Å². The van der Waals surface area contributed by atoms with Gasteiger partial charge in [-0.1, -0.05) is 12.7 Å². The average Bonchev–Trinajstić information content (AvgIpc) is 1.63. The predicted molar refractivity (Wildman–Crippen MR) is 42.7 cm³/mol. The van der Waals surface area contributed by atoms with Gasteiger partial charge in [-0.2, -0.15) is 0 Å². The third-order valence-corrected chi connectivity index (χ3v) is 0.759. The van der Waals surface area contributed by atoms with E-state index < -0.39 is 0 Å². The zero-order chi connectivity index (χ0) is 7.28. The molecule has 0 saturated carbocycles. The second-order valence-corrected chi connectivity index (χ2v) is 2.10. The van der Waals surface area contributed by atoms with Crippen LogP contribution in [0.1, 0.15) is 20.8 Å². The summed E-state index contributed by atoms with van der Waals surface area (Å²) >= 11 is 0. The molecule has 0 N–H and O–H groups in total. The Kier molecular flexibility index (Phi) is 3.69. The fourth-order valence-corrected chi connectivity index (χ4v) is 0.561. The van der Waals surface area contributed by atoms with Gasteiger partial charge in [0.25, 0.3) is 0 Å². The van der Waals surface area contributed by atoms with Gasteiger partial charge in [-0.15, -0.1) is 0 Å². The van der Waals surface area contributed by atoms with Crippen LogP contribution in [0.4, 0.5) is 0 Å². The lowest BCUT2D eigenvalue weighted by Crippen LogP contribution is -1.79. The Morgan fingerprint density at radius 2 is 1.89 bits per heavy atom. The highest BCUT2D eigenvalue weighted by molar-refractivity contribution is 5.80. The number of allylic oxidation sites excluding steroid dienone is 3. The Balaban J connectivity index is 4.05. The first-order chi connectivity index (χ1) is 4.16. The lowest BCUT2D eigenvalue weighted by atomic mass is 10.4. The van der Waals surface area contributed by atoms with Crippen LogP contribution in [-0.4, -0.2) is 5.71 Å². The van der Waals surface area contributed by atoms with Crippen LogP contribution in [0.25, 0.3) is 0 Å². The van der Waals surface area contributed by atoms with Crippen molar-refractivity contribution in [2.24, 2.45) is 4.99 Å². The molecule has 1 nitrogen and oxygen atoms in total. The molecule has 0 amide bonds. The summed E-state index contributed by atoms with van der Waals surface area (Å²) < 4.78 is 0. The van der Waals surface area contributed by atoms with Crippen molar-refractivity contribution < 1.29 is 0 Å². The minimum absolute atomic E-state index is 1.00. The summed E-state index contributed by atoms with van der Waals surface area (Å²) in [6, 6.07) is 0. The Morgan fingerprint density at radius 3 is 2.22 bits per heavy atom. The smallest absolute Gasteiger partial charge is 0.0371 e. The lowest BCUT2D eigenvalue weighted by molar-refractivity contribution is 1.29. The van der Waals surface area contributed by atoms with Crippen molar-refractivity contribution in [2.75, 3.05) is 0 Å². The van der Waals surface area contributed by atoms with E-state index in [1.54, 1.807) is 6.08 Å². The van der Waals surface area contributed by atoms with Gasteiger partial charge in [0.1, 0.15) is 0 Å². The Morgan fingerprint density at radius 1 is 1.33 bits per heavy atom. The molecule has 0 bridgehead atoms. The molecule has 0 rings (SSSR count). The van der Waals surface area contributed by atoms with Crippen LogP contribution in [-0.2, 0) is 0 Å². The lowest BCUT2D eigenvalue weighted by Gasteiger charge is -1.89. The monoisotopic (exact) mass is 123 g/mol. The number of rotatable bonds is 2. The van der Waals surface area contributed by atoms with Crippen LogP contribution < -0.4 is 0 Å². The molecule has 9 heavy (non-hydrogen) atoms. The molecule has 0 aliphatic rings. The van der Waals surface area contributed by atoms with Gasteiger partial charge in [0.05, 0.1) is 0 Å². The first kappa shape index (κ1) is 8.15. The molecule has 0 aliphatic heterocycles. The summed E-state index contributed by atoms with van der Waals surface area (Å²) in [6.45, 7) is 9.46. The van der Waals surface area contributed by atoms with Gasteiger partial charge < -0.3 is 0 Å². The molecule has 0 aliphatic carbocycles. The summed E-state index contributed by atoms with van der Waals surface area (Å²) in [5.41, 5.74) is 2.08. The standard InChI is InChI=1S/C8H13N/c1-5-6-8(4)9-7(2)3/h5-6H,1H2,2-4H3/b8-6-. The molecule has 0 spiro atoms. The molecule has 50 valence electrons. The van der Waals surface area contributed by atoms with E-state index in [0.29, 0.717) is 0 Å². The fraction of sp³-hybridized carbons (Fsp3) is 0.375. The zero-order valence-corrected chi connectivity index (χ0v) is 6.31. The van der Waals surface area contributed by atoms with Crippen LogP contribution in [0.5, 0.6) is 0 Å². The molecule has 1 heteroatoms. The van der Waals surface area contributed by atoms with Gasteiger partial charge in [0, 0.05) is 11.4 Å². The van der Waals surface area contributed by atoms with Gasteiger partial charge in [-0.25, -0.2) is 0 Å². The molecule has 0 unspecified atom stereocenters. The SMILES string of the molecule is C=C/C=C(/C)N=C(C)C. The van der Waals surface area contributed by atoms with Crippen LogP contribution in [0.15, 0.2) is 29.4 Å².